The third-order valence-corrected chi connectivity index (χ3v) is 10.3. The first kappa shape index (κ1) is 52.6. The summed E-state index contributed by atoms with van der Waals surface area (Å²) in [6.45, 7) is 13.2. The third-order valence-electron chi connectivity index (χ3n) is 10.3. The molecule has 2 aromatic carbocycles. The van der Waals surface area contributed by atoms with E-state index in [1.807, 2.05) is 45.9 Å². The van der Waals surface area contributed by atoms with Crippen LogP contribution in [0.4, 0.5) is 0 Å². The fraction of sp³-hybridized carbons (Fsp3) is 0.511. The third kappa shape index (κ3) is 14.7. The summed E-state index contributed by atoms with van der Waals surface area (Å²) < 4.78 is 39.8. The van der Waals surface area contributed by atoms with Gasteiger partial charge in [0, 0.05) is 30.9 Å². The number of rotatable bonds is 3. The number of aliphatic hydroxyl groups is 3. The van der Waals surface area contributed by atoms with E-state index in [4.69, 9.17) is 67.5 Å². The molecule has 0 aromatic heterocycles. The van der Waals surface area contributed by atoms with Crippen molar-refractivity contribution in [3.05, 3.63) is 82.0 Å². The van der Waals surface area contributed by atoms with Crippen molar-refractivity contribution >= 4 is 63.4 Å². The zero-order chi connectivity index (χ0) is 46.5. The molecule has 4 N–H and O–H groups in total. The Bertz CT molecular complexity index is 1950. The molecule has 3 aliphatic rings. The Morgan fingerprint density at radius 2 is 1.18 bits per heavy atom. The SMILES string of the molecule is COc1cc(O)c2c(c1C)/C=C/C[C@H](O)[C@H](O)C(O)/C=C\C[C@H](C)OC2=O.COc1cc(OC)c2c(c1C)/C=C/C[C@@H]1OC(C)(C)O[C@@H]1C(C)/C=C\C[C@H](C)OC2=O.ClB(Cl)Cl. The van der Waals surface area contributed by atoms with E-state index in [9.17, 15) is 30.0 Å². The lowest BCUT2D eigenvalue weighted by Gasteiger charge is -2.22. The minimum atomic E-state index is -1.36. The average molecular weight is 926 g/mol. The van der Waals surface area contributed by atoms with Gasteiger partial charge in [-0.25, -0.2) is 9.59 Å². The summed E-state index contributed by atoms with van der Waals surface area (Å²) >= 11 is 14.4. The fourth-order valence-electron chi connectivity index (χ4n) is 7.14. The highest BCUT2D eigenvalue weighted by atomic mass is 35.6. The summed E-state index contributed by atoms with van der Waals surface area (Å²) in [5, 5.41) is 40.3. The van der Waals surface area contributed by atoms with E-state index >= 15 is 0 Å². The minimum Gasteiger partial charge on any atom is -0.507 e. The van der Waals surface area contributed by atoms with Gasteiger partial charge >= 0.3 is 16.9 Å². The van der Waals surface area contributed by atoms with E-state index in [1.54, 1.807) is 45.3 Å². The van der Waals surface area contributed by atoms with Gasteiger partial charge in [0.2, 0.25) is 0 Å². The van der Waals surface area contributed by atoms with Gasteiger partial charge in [0.1, 0.15) is 58.5 Å². The Morgan fingerprint density at radius 3 is 1.73 bits per heavy atom. The Balaban J connectivity index is 0.000000307. The van der Waals surface area contributed by atoms with Crippen molar-refractivity contribution in [1.82, 2.24) is 0 Å². The van der Waals surface area contributed by atoms with Crippen LogP contribution in [0.5, 0.6) is 23.0 Å². The van der Waals surface area contributed by atoms with Gasteiger partial charge in [-0.2, -0.15) is 34.4 Å². The highest BCUT2D eigenvalue weighted by molar-refractivity contribution is 7.54. The van der Waals surface area contributed by atoms with E-state index in [0.717, 1.165) is 11.1 Å². The van der Waals surface area contributed by atoms with Crippen molar-refractivity contribution in [3.8, 4) is 23.0 Å². The number of ether oxygens (including phenoxy) is 7. The molecular weight excluding hydrogens is 866 g/mol. The molecular formula is C45H60BCl3O13. The van der Waals surface area contributed by atoms with Crippen LogP contribution in [0.3, 0.4) is 0 Å². The van der Waals surface area contributed by atoms with Crippen LogP contribution in [-0.4, -0.2) is 107 Å². The monoisotopic (exact) mass is 924 g/mol. The second-order valence-corrected chi connectivity index (χ2v) is 17.5. The maximum absolute atomic E-state index is 13.1. The normalized spacial score (nSPS) is 28.3. The van der Waals surface area contributed by atoms with Crippen molar-refractivity contribution in [2.24, 2.45) is 5.92 Å². The molecule has 1 fully saturated rings. The van der Waals surface area contributed by atoms with E-state index < -0.39 is 47.1 Å². The number of aromatic hydroxyl groups is 1. The molecule has 3 aliphatic heterocycles. The van der Waals surface area contributed by atoms with Gasteiger partial charge in [-0.3, -0.25) is 0 Å². The van der Waals surface area contributed by atoms with Crippen molar-refractivity contribution in [3.63, 3.8) is 0 Å². The molecule has 3 heterocycles. The van der Waals surface area contributed by atoms with Crippen LogP contribution in [0.25, 0.3) is 12.2 Å². The lowest BCUT2D eigenvalue weighted by molar-refractivity contribution is -0.148. The number of fused-ring (bicyclic) bond motifs is 3. The van der Waals surface area contributed by atoms with Crippen LogP contribution in [0.2, 0.25) is 0 Å². The number of aliphatic hydroxyl groups excluding tert-OH is 3. The number of methoxy groups -OCH3 is 3. The second-order valence-electron chi connectivity index (χ2n) is 15.5. The molecule has 0 aliphatic carbocycles. The Kier molecular flexibility index (Phi) is 20.7. The number of cyclic esters (lactones) is 2. The average Bonchev–Trinajstić information content (AvgIpc) is 3.51. The predicted octanol–water partition coefficient (Wildman–Crippen LogP) is 8.47. The zero-order valence-corrected chi connectivity index (χ0v) is 39.2. The number of phenolic OH excluding ortho intramolecular Hbond substituents is 1. The number of halogens is 3. The van der Waals surface area contributed by atoms with E-state index in [-0.39, 0.29) is 42.0 Å². The number of carbonyl (C=O) groups is 2. The highest BCUT2D eigenvalue weighted by Crippen LogP contribution is 2.38. The zero-order valence-electron chi connectivity index (χ0n) is 36.9. The van der Waals surface area contributed by atoms with Gasteiger partial charge in [0.15, 0.2) is 5.79 Å². The molecule has 0 saturated carbocycles. The first-order valence-electron chi connectivity index (χ1n) is 20.2. The van der Waals surface area contributed by atoms with Crippen LogP contribution in [-0.2, 0) is 18.9 Å². The summed E-state index contributed by atoms with van der Waals surface area (Å²) in [4.78, 5) is 25.0. The summed E-state index contributed by atoms with van der Waals surface area (Å²) in [6, 6.07) is 3.08. The predicted molar refractivity (Wildman–Crippen MR) is 243 cm³/mol. The molecule has 0 spiro atoms. The number of benzene rings is 2. The van der Waals surface area contributed by atoms with Gasteiger partial charge in [-0.15, -0.1) is 0 Å². The maximum Gasteiger partial charge on any atom is 0.450 e. The molecule has 62 heavy (non-hydrogen) atoms. The maximum atomic E-state index is 13.1. The molecule has 2 aromatic rings. The molecule has 17 heteroatoms. The summed E-state index contributed by atoms with van der Waals surface area (Å²) in [7, 11) is 4.59. The summed E-state index contributed by atoms with van der Waals surface area (Å²) in [6.07, 6.45) is 11.0. The molecule has 342 valence electrons. The van der Waals surface area contributed by atoms with Gasteiger partial charge in [-0.1, -0.05) is 55.5 Å². The Labute approximate surface area is 380 Å². The van der Waals surface area contributed by atoms with Crippen LogP contribution in [0.1, 0.15) is 103 Å². The topological polar surface area (TPSA) is 180 Å². The minimum absolute atomic E-state index is 0.00696. The van der Waals surface area contributed by atoms with Gasteiger partial charge in [0.05, 0.1) is 39.6 Å². The van der Waals surface area contributed by atoms with Crippen molar-refractivity contribution in [2.45, 2.75) is 123 Å². The van der Waals surface area contributed by atoms with Crippen molar-refractivity contribution in [1.29, 1.82) is 0 Å². The molecule has 0 amide bonds. The largest absolute Gasteiger partial charge is 0.507 e. The molecule has 0 radical (unpaired) electrons. The Hall–Kier alpha value is -3.73. The lowest BCUT2D eigenvalue weighted by Crippen LogP contribution is -2.35. The molecule has 1 saturated heterocycles. The fourth-order valence-corrected chi connectivity index (χ4v) is 7.14. The van der Waals surface area contributed by atoms with Crippen LogP contribution in [0, 0.1) is 19.8 Å². The smallest absolute Gasteiger partial charge is 0.450 e. The number of phenols is 1. The first-order valence-corrected chi connectivity index (χ1v) is 21.5. The van der Waals surface area contributed by atoms with Crippen LogP contribution in [0.15, 0.2) is 48.6 Å². The highest BCUT2D eigenvalue weighted by Gasteiger charge is 2.42. The molecule has 2 unspecified atom stereocenters. The first-order chi connectivity index (χ1) is 29.2. The molecule has 8 atom stereocenters. The number of esters is 2. The van der Waals surface area contributed by atoms with E-state index in [0.29, 0.717) is 53.2 Å². The van der Waals surface area contributed by atoms with Gasteiger partial charge in [-0.05, 0) is 76.6 Å². The van der Waals surface area contributed by atoms with Crippen LogP contribution >= 0.6 is 34.4 Å². The standard InChI is InChI=1S/C25H34O6.C20H26O7.BCl3/c1-15-10-8-11-16(2)29-24(26)22-18(17(3)20(27-6)14-21(22)28-7)12-9-13-19-23(15)31-25(4,5)30-19;1-11-6-4-8-14(21)19(24)15(22)9-5-7-13-12(2)17(26-3)10-16(23)18(13)20(25)27-11;2-1(3)4/h8-10,12,14-16,19,23H,11,13H2,1-7H3;4-5,7-8,10-11,14-15,19,21-24H,6,9H2,1-3H3;/b10-8-,12-9+;7-5+,8-4-;/t15?,16-,19-,23+;11-,14?,15-,19+;/m00./s1. The molecule has 5 rings (SSSR count). The number of hydrogen-bond donors (Lipinski definition) is 4. The van der Waals surface area contributed by atoms with E-state index in [1.165, 1.54) is 26.4 Å². The lowest BCUT2D eigenvalue weighted by atomic mass is 9.95. The van der Waals surface area contributed by atoms with E-state index in [2.05, 4.69) is 13.0 Å². The van der Waals surface area contributed by atoms with Gasteiger partial charge < -0.3 is 53.6 Å². The van der Waals surface area contributed by atoms with Crippen molar-refractivity contribution < 1.29 is 63.2 Å². The molecule has 13 nitrogen and oxygen atoms in total. The second kappa shape index (κ2) is 24.4. The molecule has 0 bridgehead atoms. The van der Waals surface area contributed by atoms with Crippen LogP contribution < -0.4 is 14.2 Å². The quantitative estimate of drug-likeness (QED) is 0.131. The number of hydrogen-bond acceptors (Lipinski definition) is 13. The van der Waals surface area contributed by atoms with Crippen molar-refractivity contribution in [2.75, 3.05) is 21.3 Å². The summed E-state index contributed by atoms with van der Waals surface area (Å²) in [5.41, 5.74) is 3.00. The van der Waals surface area contributed by atoms with Gasteiger partial charge in [0.25, 0.3) is 0 Å². The Morgan fingerprint density at radius 1 is 0.694 bits per heavy atom. The number of carbonyl (C=O) groups excluding carboxylic acids is 2. The summed E-state index contributed by atoms with van der Waals surface area (Å²) in [5.74, 6) is -0.353.